The van der Waals surface area contributed by atoms with Crippen molar-refractivity contribution in [1.29, 1.82) is 0 Å². The molecule has 0 saturated carbocycles. The predicted octanol–water partition coefficient (Wildman–Crippen LogP) is 2.05. The molecular formula is C14H21BrN2O2. The van der Waals surface area contributed by atoms with Crippen molar-refractivity contribution < 1.29 is 9.47 Å². The van der Waals surface area contributed by atoms with Gasteiger partial charge >= 0.3 is 0 Å². The molecule has 1 fully saturated rings. The molecular weight excluding hydrogens is 308 g/mol. The maximum atomic E-state index is 5.92. The summed E-state index contributed by atoms with van der Waals surface area (Å²) in [7, 11) is 5.80. The number of halogens is 1. The van der Waals surface area contributed by atoms with Crippen LogP contribution in [0.2, 0.25) is 0 Å². The maximum absolute atomic E-state index is 5.92. The van der Waals surface area contributed by atoms with Crippen molar-refractivity contribution in [1.82, 2.24) is 10.2 Å². The molecule has 0 bridgehead atoms. The van der Waals surface area contributed by atoms with E-state index >= 15 is 0 Å². The molecule has 0 amide bonds. The van der Waals surface area contributed by atoms with Gasteiger partial charge in [-0.1, -0.05) is 15.9 Å². The number of nitrogens with zero attached hydrogens (tertiary/aromatic N) is 1. The second kappa shape index (κ2) is 6.70. The Morgan fingerprint density at radius 3 is 3.00 bits per heavy atom. The lowest BCUT2D eigenvalue weighted by Gasteiger charge is -2.40. The van der Waals surface area contributed by atoms with Crippen LogP contribution in [0.15, 0.2) is 22.7 Å². The highest BCUT2D eigenvalue weighted by molar-refractivity contribution is 9.10. The van der Waals surface area contributed by atoms with E-state index in [1.807, 2.05) is 19.2 Å². The summed E-state index contributed by atoms with van der Waals surface area (Å²) < 4.78 is 12.5. The van der Waals surface area contributed by atoms with Crippen molar-refractivity contribution in [2.75, 3.05) is 40.9 Å². The van der Waals surface area contributed by atoms with E-state index in [9.17, 15) is 0 Å². The van der Waals surface area contributed by atoms with E-state index in [-0.39, 0.29) is 12.1 Å². The largest absolute Gasteiger partial charge is 0.496 e. The van der Waals surface area contributed by atoms with E-state index in [0.717, 1.165) is 29.9 Å². The molecule has 4 nitrogen and oxygen atoms in total. The molecule has 1 aliphatic heterocycles. The third-order valence-electron chi connectivity index (χ3n) is 3.52. The Hall–Kier alpha value is -0.620. The molecule has 2 atom stereocenters. The Morgan fingerprint density at radius 2 is 2.32 bits per heavy atom. The lowest BCUT2D eigenvalue weighted by Crippen LogP contribution is -2.47. The van der Waals surface area contributed by atoms with Gasteiger partial charge in [-0.05, 0) is 32.3 Å². The van der Waals surface area contributed by atoms with Gasteiger partial charge in [0, 0.05) is 23.1 Å². The fourth-order valence-electron chi connectivity index (χ4n) is 2.61. The fourth-order valence-corrected chi connectivity index (χ4v) is 2.99. The summed E-state index contributed by atoms with van der Waals surface area (Å²) in [6.07, 6.45) is 0.131. The number of hydrogen-bond acceptors (Lipinski definition) is 4. The third-order valence-corrected chi connectivity index (χ3v) is 4.01. The van der Waals surface area contributed by atoms with E-state index in [1.165, 1.54) is 5.56 Å². The molecule has 0 aliphatic carbocycles. The standard InChI is InChI=1S/C14H21BrN2O2/c1-16-9-13-14(17(2)6-7-19-13)11-8-10(15)4-5-12(11)18-3/h4-5,8,13-14,16H,6-7,9H2,1-3H3. The van der Waals surface area contributed by atoms with Gasteiger partial charge in [-0.3, -0.25) is 4.90 Å². The maximum Gasteiger partial charge on any atom is 0.123 e. The summed E-state index contributed by atoms with van der Waals surface area (Å²) in [5, 5.41) is 3.21. The predicted molar refractivity (Wildman–Crippen MR) is 79.7 cm³/mol. The highest BCUT2D eigenvalue weighted by atomic mass is 79.9. The first-order valence-electron chi connectivity index (χ1n) is 6.47. The highest BCUT2D eigenvalue weighted by Crippen LogP contribution is 2.35. The number of nitrogens with one attached hydrogen (secondary N) is 1. The van der Waals surface area contributed by atoms with E-state index in [4.69, 9.17) is 9.47 Å². The molecule has 0 aromatic heterocycles. The van der Waals surface area contributed by atoms with Crippen molar-refractivity contribution in [3.8, 4) is 5.75 Å². The average molecular weight is 329 g/mol. The van der Waals surface area contributed by atoms with Gasteiger partial charge in [-0.2, -0.15) is 0 Å². The van der Waals surface area contributed by atoms with Crippen LogP contribution in [0.5, 0.6) is 5.75 Å². The molecule has 0 radical (unpaired) electrons. The van der Waals surface area contributed by atoms with Crippen molar-refractivity contribution >= 4 is 15.9 Å². The number of ether oxygens (including phenoxy) is 2. The van der Waals surface area contributed by atoms with Crippen LogP contribution in [0.4, 0.5) is 0 Å². The summed E-state index contributed by atoms with van der Waals surface area (Å²) in [6.45, 7) is 2.53. The molecule has 1 saturated heterocycles. The van der Waals surface area contributed by atoms with Gasteiger partial charge in [0.2, 0.25) is 0 Å². The molecule has 1 aliphatic rings. The zero-order valence-corrected chi connectivity index (χ0v) is 13.2. The average Bonchev–Trinajstić information content (AvgIpc) is 2.39. The Bertz CT molecular complexity index is 426. The van der Waals surface area contributed by atoms with Gasteiger partial charge in [-0.25, -0.2) is 0 Å². The summed E-state index contributed by atoms with van der Waals surface area (Å²) in [5.74, 6) is 0.909. The fraction of sp³-hybridized carbons (Fsp3) is 0.571. The molecule has 19 heavy (non-hydrogen) atoms. The van der Waals surface area contributed by atoms with E-state index in [0.29, 0.717) is 0 Å². The molecule has 1 aromatic carbocycles. The highest BCUT2D eigenvalue weighted by Gasteiger charge is 2.33. The van der Waals surface area contributed by atoms with Gasteiger partial charge in [-0.15, -0.1) is 0 Å². The number of methoxy groups -OCH3 is 1. The number of rotatable bonds is 4. The smallest absolute Gasteiger partial charge is 0.123 e. The Balaban J connectivity index is 2.37. The van der Waals surface area contributed by atoms with Gasteiger partial charge in [0.05, 0.1) is 25.9 Å². The van der Waals surface area contributed by atoms with E-state index in [1.54, 1.807) is 7.11 Å². The summed E-state index contributed by atoms with van der Waals surface area (Å²) in [6, 6.07) is 6.32. The second-order valence-electron chi connectivity index (χ2n) is 4.78. The lowest BCUT2D eigenvalue weighted by molar-refractivity contribution is -0.0612. The SMILES string of the molecule is CNCC1OCCN(C)C1c1cc(Br)ccc1OC. The number of hydrogen-bond donors (Lipinski definition) is 1. The Morgan fingerprint density at radius 1 is 1.53 bits per heavy atom. The van der Waals surface area contributed by atoms with Crippen molar-refractivity contribution in [3.05, 3.63) is 28.2 Å². The minimum Gasteiger partial charge on any atom is -0.496 e. The van der Waals surface area contributed by atoms with Gasteiger partial charge in [0.25, 0.3) is 0 Å². The summed E-state index contributed by atoms with van der Waals surface area (Å²) in [5.41, 5.74) is 1.17. The lowest BCUT2D eigenvalue weighted by atomic mass is 9.97. The second-order valence-corrected chi connectivity index (χ2v) is 5.69. The van der Waals surface area contributed by atoms with Crippen LogP contribution < -0.4 is 10.1 Å². The van der Waals surface area contributed by atoms with Crippen LogP contribution in [0.25, 0.3) is 0 Å². The molecule has 5 heteroatoms. The topological polar surface area (TPSA) is 33.7 Å². The first-order chi connectivity index (χ1) is 9.17. The van der Waals surface area contributed by atoms with Crippen LogP contribution in [-0.4, -0.2) is 51.9 Å². The number of morpholine rings is 1. The van der Waals surface area contributed by atoms with Crippen LogP contribution in [0, 0.1) is 0 Å². The summed E-state index contributed by atoms with van der Waals surface area (Å²) in [4.78, 5) is 2.33. The van der Waals surface area contributed by atoms with E-state index < -0.39 is 0 Å². The van der Waals surface area contributed by atoms with Crippen molar-refractivity contribution in [3.63, 3.8) is 0 Å². The zero-order chi connectivity index (χ0) is 13.8. The molecule has 2 unspecified atom stereocenters. The quantitative estimate of drug-likeness (QED) is 0.917. The van der Waals surface area contributed by atoms with Crippen molar-refractivity contribution in [2.45, 2.75) is 12.1 Å². The Kier molecular flexibility index (Phi) is 5.21. The van der Waals surface area contributed by atoms with Crippen LogP contribution >= 0.6 is 15.9 Å². The minimum atomic E-state index is 0.131. The molecule has 1 N–H and O–H groups in total. The Labute approximate surface area is 123 Å². The monoisotopic (exact) mass is 328 g/mol. The number of likely N-dealkylation sites (N-methyl/N-ethyl adjacent to an activating group) is 2. The first kappa shape index (κ1) is 14.8. The van der Waals surface area contributed by atoms with Crippen LogP contribution in [0.3, 0.4) is 0 Å². The van der Waals surface area contributed by atoms with E-state index in [2.05, 4.69) is 39.3 Å². The summed E-state index contributed by atoms with van der Waals surface area (Å²) >= 11 is 3.54. The molecule has 1 aromatic rings. The van der Waals surface area contributed by atoms with Crippen LogP contribution in [-0.2, 0) is 4.74 Å². The van der Waals surface area contributed by atoms with Crippen molar-refractivity contribution in [2.24, 2.45) is 0 Å². The van der Waals surface area contributed by atoms with Gasteiger partial charge in [0.15, 0.2) is 0 Å². The van der Waals surface area contributed by atoms with Gasteiger partial charge < -0.3 is 14.8 Å². The van der Waals surface area contributed by atoms with Crippen LogP contribution in [0.1, 0.15) is 11.6 Å². The third kappa shape index (κ3) is 3.28. The number of benzene rings is 1. The molecule has 106 valence electrons. The van der Waals surface area contributed by atoms with Gasteiger partial charge in [0.1, 0.15) is 5.75 Å². The minimum absolute atomic E-state index is 0.131. The molecule has 1 heterocycles. The zero-order valence-electron chi connectivity index (χ0n) is 11.6. The molecule has 2 rings (SSSR count). The molecule has 0 spiro atoms. The normalized spacial score (nSPS) is 24.4. The first-order valence-corrected chi connectivity index (χ1v) is 7.26.